The van der Waals surface area contributed by atoms with Crippen LogP contribution in [0.3, 0.4) is 0 Å². The Bertz CT molecular complexity index is 920. The fraction of sp³-hybridized carbons (Fsp3) is 0.864. The number of hydrogen-bond donors (Lipinski definition) is 0. The van der Waals surface area contributed by atoms with Crippen LogP contribution in [0, 0.1) is 0 Å². The predicted molar refractivity (Wildman–Crippen MR) is 176 cm³/mol. The lowest BCUT2D eigenvalue weighted by Crippen LogP contribution is -2.55. The first-order valence-electron chi connectivity index (χ1n) is 13.8. The molecule has 1 aromatic heterocycles. The molecule has 0 radical (unpaired) electrons. The second kappa shape index (κ2) is 22.3. The highest BCUT2D eigenvalue weighted by molar-refractivity contribution is 14.2. The van der Waals surface area contributed by atoms with Crippen molar-refractivity contribution in [3.05, 3.63) is 31.5 Å². The number of halogens is 1. The molecular weight excluding hydrogens is 757 g/mol. The van der Waals surface area contributed by atoms with Crippen LogP contribution in [0.5, 0.6) is 0 Å². The van der Waals surface area contributed by atoms with Gasteiger partial charge >= 0.3 is 43.5 Å². The lowest BCUT2D eigenvalue weighted by molar-refractivity contribution is 0.122. The van der Waals surface area contributed by atoms with E-state index >= 15 is 0 Å². The fourth-order valence-corrected chi connectivity index (χ4v) is 9.40. The fourth-order valence-electron chi connectivity index (χ4n) is 4.29. The molecule has 0 unspecified atom stereocenters. The van der Waals surface area contributed by atoms with E-state index in [1.54, 1.807) is 0 Å². The molecule has 0 amide bonds. The summed E-state index contributed by atoms with van der Waals surface area (Å²) in [4.78, 5) is 40.1. The average Bonchev–Trinajstić information content (AvgIpc) is 3.05. The van der Waals surface area contributed by atoms with Gasteiger partial charge in [0.1, 0.15) is 0 Å². The number of nitrogens with zero attached hydrogens (tertiary/aromatic N) is 3. The Morgan fingerprint density at radius 1 is 0.558 bits per heavy atom. The average molecular weight is 808 g/mol. The van der Waals surface area contributed by atoms with Crippen LogP contribution in [-0.4, -0.2) is 111 Å². The summed E-state index contributed by atoms with van der Waals surface area (Å²) in [6.07, 6.45) is 1.07. The Morgan fingerprint density at radius 3 is 0.930 bits per heavy atom. The van der Waals surface area contributed by atoms with Crippen molar-refractivity contribution >= 4 is 56.8 Å². The van der Waals surface area contributed by atoms with E-state index in [0.717, 1.165) is 13.7 Å². The number of hydrogen-bond acceptors (Lipinski definition) is 14. The first-order valence-corrected chi connectivity index (χ1v) is 22.2. The Labute approximate surface area is 274 Å². The molecule has 0 saturated carbocycles. The van der Waals surface area contributed by atoms with Gasteiger partial charge in [-0.1, -0.05) is 0 Å². The quantitative estimate of drug-likeness (QED) is 0.0946. The molecular formula is C22H48IN3O13SSi3. The minimum absolute atomic E-state index is 0.0442. The van der Waals surface area contributed by atoms with Gasteiger partial charge in [0.2, 0.25) is 0 Å². The molecule has 1 aromatic rings. The molecule has 254 valence electrons. The SMILES string of the molecule is CO[Si](CCCn1c(=O)n(CCC[Si](OC)(OC)OC)c(=O)n(CCC[Si](OC)(OC)OC)c1=O)(OC)OC.[3H]COSI. The summed E-state index contributed by atoms with van der Waals surface area (Å²) in [5, 5.41) is 0. The maximum Gasteiger partial charge on any atom is 0.500 e. The van der Waals surface area contributed by atoms with Crippen LogP contribution in [0.1, 0.15) is 20.6 Å². The third-order valence-electron chi connectivity index (χ3n) is 6.82. The molecule has 0 saturated heterocycles. The van der Waals surface area contributed by atoms with Crippen molar-refractivity contribution in [1.82, 2.24) is 13.7 Å². The third-order valence-corrected chi connectivity index (χ3v) is 16.2. The standard InChI is InChI=1S/C21H45N3O12Si3.CH3IOS/c1-28-37(29-2,30-3)16-10-13-22-19(25)23(14-11-17-38(31-4,32-5)33-6)21(27)24(20(22)26)15-12-18-39(34-7,35-8)36-9;1-3-4-2/h10-18H2,1-9H3;1H3/i;1T. The van der Waals surface area contributed by atoms with E-state index in [-0.39, 0.29) is 26.7 Å². The summed E-state index contributed by atoms with van der Waals surface area (Å²) < 4.78 is 62.9. The molecule has 21 heteroatoms. The second-order valence-corrected chi connectivity index (χ2v) is 19.4. The lowest BCUT2D eigenvalue weighted by atomic mass is 10.4. The molecule has 0 fully saturated rings. The molecule has 1 rings (SSSR count). The largest absolute Gasteiger partial charge is 0.500 e. The van der Waals surface area contributed by atoms with Crippen LogP contribution in [0.15, 0.2) is 14.4 Å². The summed E-state index contributed by atoms with van der Waals surface area (Å²) in [5.41, 5.74) is -2.10. The number of rotatable bonds is 22. The molecule has 0 aliphatic rings. The van der Waals surface area contributed by atoms with Gasteiger partial charge in [-0.2, -0.15) is 0 Å². The topological polar surface area (TPSA) is 158 Å². The van der Waals surface area contributed by atoms with E-state index in [1.807, 2.05) is 21.2 Å². The zero-order valence-electron chi connectivity index (χ0n) is 27.5. The van der Waals surface area contributed by atoms with Crippen molar-refractivity contribution in [3.63, 3.8) is 0 Å². The van der Waals surface area contributed by atoms with E-state index in [0.29, 0.717) is 37.4 Å². The zero-order chi connectivity index (χ0) is 33.8. The van der Waals surface area contributed by atoms with Crippen LogP contribution in [0.25, 0.3) is 0 Å². The van der Waals surface area contributed by atoms with E-state index in [4.69, 9.17) is 41.2 Å². The molecule has 43 heavy (non-hydrogen) atoms. The van der Waals surface area contributed by atoms with Crippen LogP contribution in [-0.2, 0) is 63.7 Å². The molecule has 0 N–H and O–H groups in total. The van der Waals surface area contributed by atoms with Gasteiger partial charge in [0.15, 0.2) is 0 Å². The van der Waals surface area contributed by atoms with E-state index in [9.17, 15) is 14.4 Å². The molecule has 0 aromatic carbocycles. The maximum absolute atomic E-state index is 13.4. The molecule has 1 heterocycles. The minimum Gasteiger partial charge on any atom is -0.377 e. The van der Waals surface area contributed by atoms with Gasteiger partial charge in [0.05, 0.1) is 17.7 Å². The summed E-state index contributed by atoms with van der Waals surface area (Å²) in [6, 6.07) is 1.11. The Morgan fingerprint density at radius 2 is 0.791 bits per heavy atom. The molecule has 0 atom stereocenters. The highest BCUT2D eigenvalue weighted by Crippen LogP contribution is 2.17. The Hall–Kier alpha value is -0.259. The number of aromatic nitrogens is 3. The van der Waals surface area contributed by atoms with Gasteiger partial charge < -0.3 is 44.0 Å². The van der Waals surface area contributed by atoms with Gasteiger partial charge in [-0.15, -0.1) is 0 Å². The summed E-state index contributed by atoms with van der Waals surface area (Å²) in [7, 11) is 5.89. The van der Waals surface area contributed by atoms with Crippen LogP contribution < -0.4 is 17.1 Å². The van der Waals surface area contributed by atoms with E-state index in [1.165, 1.54) is 73.2 Å². The van der Waals surface area contributed by atoms with E-state index in [2.05, 4.69) is 4.18 Å². The second-order valence-electron chi connectivity index (χ2n) is 8.68. The summed E-state index contributed by atoms with van der Waals surface area (Å²) >= 11 is 1.96. The van der Waals surface area contributed by atoms with Crippen LogP contribution >= 0.6 is 30.4 Å². The molecule has 0 aliphatic carbocycles. The lowest BCUT2D eigenvalue weighted by Gasteiger charge is -2.25. The first-order chi connectivity index (χ1) is 21.0. The van der Waals surface area contributed by atoms with Crippen molar-refractivity contribution in [1.29, 1.82) is 0 Å². The Balaban J connectivity index is 0.00000340. The van der Waals surface area contributed by atoms with Crippen molar-refractivity contribution in [3.8, 4) is 0 Å². The zero-order valence-corrected chi connectivity index (χ0v) is 32.5. The van der Waals surface area contributed by atoms with Gasteiger partial charge in [0, 0.05) is 123 Å². The molecule has 0 aliphatic heterocycles. The molecule has 16 nitrogen and oxygen atoms in total. The van der Waals surface area contributed by atoms with Crippen molar-refractivity contribution in [2.75, 3.05) is 71.1 Å². The third kappa shape index (κ3) is 12.5. The maximum atomic E-state index is 13.4. The summed E-state index contributed by atoms with van der Waals surface area (Å²) in [5.74, 6) is 0. The van der Waals surface area contributed by atoms with Crippen LogP contribution in [0.2, 0.25) is 18.1 Å². The monoisotopic (exact) mass is 807 g/mol. The van der Waals surface area contributed by atoms with Crippen LogP contribution in [0.4, 0.5) is 0 Å². The minimum atomic E-state index is -2.92. The van der Waals surface area contributed by atoms with Gasteiger partial charge in [-0.3, -0.25) is 0 Å². The Kier molecular flexibility index (Phi) is 21.1. The van der Waals surface area contributed by atoms with Crippen molar-refractivity contribution in [2.45, 2.75) is 57.0 Å². The predicted octanol–water partition coefficient (Wildman–Crippen LogP) is 1.61. The van der Waals surface area contributed by atoms with Gasteiger partial charge in [-0.05, 0) is 19.3 Å². The van der Waals surface area contributed by atoms with Crippen molar-refractivity contribution in [2.24, 2.45) is 0 Å². The molecule has 0 bridgehead atoms. The molecule has 0 spiro atoms. The normalized spacial score (nSPS) is 12.7. The highest BCUT2D eigenvalue weighted by Gasteiger charge is 2.39. The van der Waals surface area contributed by atoms with E-state index < -0.39 is 43.5 Å². The highest BCUT2D eigenvalue weighted by atomic mass is 127. The van der Waals surface area contributed by atoms with Gasteiger partial charge in [-0.25, -0.2) is 28.1 Å². The first kappa shape index (κ1) is 40.8. The van der Waals surface area contributed by atoms with Crippen molar-refractivity contribution < 1.29 is 45.4 Å². The summed E-state index contributed by atoms with van der Waals surface area (Å²) in [6.45, 7) is 0.133. The smallest absolute Gasteiger partial charge is 0.377 e. The van der Waals surface area contributed by atoms with Gasteiger partial charge in [0.25, 0.3) is 0 Å².